The third-order valence-electron chi connectivity index (χ3n) is 4.26. The third-order valence-corrected chi connectivity index (χ3v) is 4.26. The second-order valence-electron chi connectivity index (χ2n) is 5.80. The van der Waals surface area contributed by atoms with Gasteiger partial charge in [0.15, 0.2) is 0 Å². The normalized spacial score (nSPS) is 29.2. The molecule has 1 aliphatic heterocycles. The van der Waals surface area contributed by atoms with E-state index in [4.69, 9.17) is 9.47 Å². The second kappa shape index (κ2) is 5.33. The van der Waals surface area contributed by atoms with Gasteiger partial charge in [0, 0.05) is 5.41 Å². The summed E-state index contributed by atoms with van der Waals surface area (Å²) in [7, 11) is 0. The van der Waals surface area contributed by atoms with Gasteiger partial charge in [0.2, 0.25) is 6.29 Å². The van der Waals surface area contributed by atoms with E-state index < -0.39 is 6.29 Å². The van der Waals surface area contributed by atoms with Crippen molar-refractivity contribution in [1.29, 1.82) is 0 Å². The Hall–Kier alpha value is -1.35. The number of carbonyl (C=O) groups is 1. The lowest BCUT2D eigenvalue weighted by atomic mass is 9.78. The maximum atomic E-state index is 12.1. The van der Waals surface area contributed by atoms with Crippen LogP contribution in [0.15, 0.2) is 30.3 Å². The van der Waals surface area contributed by atoms with Gasteiger partial charge in [0.05, 0.1) is 11.7 Å². The smallest absolute Gasteiger partial charge is 0.340 e. The van der Waals surface area contributed by atoms with E-state index >= 15 is 0 Å². The lowest BCUT2D eigenvalue weighted by Crippen LogP contribution is -2.33. The van der Waals surface area contributed by atoms with Gasteiger partial charge in [-0.3, -0.25) is 0 Å². The first-order chi connectivity index (χ1) is 8.96. The molecule has 3 heteroatoms. The Morgan fingerprint density at radius 1 is 1.32 bits per heavy atom. The summed E-state index contributed by atoms with van der Waals surface area (Å²) in [5.41, 5.74) is 0.403. The minimum absolute atomic E-state index is 0.156. The lowest BCUT2D eigenvalue weighted by molar-refractivity contribution is -0.135. The van der Waals surface area contributed by atoms with Crippen LogP contribution in [-0.4, -0.2) is 18.4 Å². The SMILES string of the molecule is CC[C@H]1O[C@@H](OC(=O)c2ccccc2)C(C)(C)[C@@H]1C. The quantitative estimate of drug-likeness (QED) is 0.780. The molecule has 1 fully saturated rings. The fourth-order valence-corrected chi connectivity index (χ4v) is 2.51. The van der Waals surface area contributed by atoms with Gasteiger partial charge < -0.3 is 9.47 Å². The van der Waals surface area contributed by atoms with E-state index in [0.29, 0.717) is 11.5 Å². The molecule has 1 aliphatic rings. The van der Waals surface area contributed by atoms with Crippen molar-refractivity contribution in [3.8, 4) is 0 Å². The number of esters is 1. The Balaban J connectivity index is 2.09. The van der Waals surface area contributed by atoms with Gasteiger partial charge in [-0.15, -0.1) is 0 Å². The lowest BCUT2D eigenvalue weighted by Gasteiger charge is -2.28. The molecule has 1 heterocycles. The fourth-order valence-electron chi connectivity index (χ4n) is 2.51. The van der Waals surface area contributed by atoms with Crippen molar-refractivity contribution >= 4 is 5.97 Å². The molecule has 1 aromatic carbocycles. The molecule has 0 aromatic heterocycles. The molecule has 0 bridgehead atoms. The summed E-state index contributed by atoms with van der Waals surface area (Å²) < 4.78 is 11.4. The molecular weight excluding hydrogens is 240 g/mol. The van der Waals surface area contributed by atoms with Gasteiger partial charge in [0.25, 0.3) is 0 Å². The van der Waals surface area contributed by atoms with Crippen molar-refractivity contribution in [3.63, 3.8) is 0 Å². The van der Waals surface area contributed by atoms with Crippen LogP contribution in [-0.2, 0) is 9.47 Å². The van der Waals surface area contributed by atoms with E-state index in [1.165, 1.54) is 0 Å². The molecule has 3 atom stereocenters. The highest BCUT2D eigenvalue weighted by Gasteiger charge is 2.49. The van der Waals surface area contributed by atoms with Gasteiger partial charge in [-0.25, -0.2) is 4.79 Å². The maximum absolute atomic E-state index is 12.1. The van der Waals surface area contributed by atoms with Crippen molar-refractivity contribution in [2.75, 3.05) is 0 Å². The topological polar surface area (TPSA) is 35.5 Å². The minimum Gasteiger partial charge on any atom is -0.432 e. The average molecular weight is 262 g/mol. The largest absolute Gasteiger partial charge is 0.432 e. The van der Waals surface area contributed by atoms with Crippen molar-refractivity contribution in [2.24, 2.45) is 11.3 Å². The predicted octanol–water partition coefficient (Wildman–Crippen LogP) is 3.64. The number of hydrogen-bond donors (Lipinski definition) is 0. The van der Waals surface area contributed by atoms with E-state index in [0.717, 1.165) is 6.42 Å². The summed E-state index contributed by atoms with van der Waals surface area (Å²) in [5.74, 6) is 0.0497. The average Bonchev–Trinajstić information content (AvgIpc) is 2.63. The summed E-state index contributed by atoms with van der Waals surface area (Å²) in [6.45, 7) is 8.44. The summed E-state index contributed by atoms with van der Waals surface area (Å²) in [4.78, 5) is 12.1. The highest BCUT2D eigenvalue weighted by atomic mass is 16.7. The zero-order valence-corrected chi connectivity index (χ0v) is 12.1. The van der Waals surface area contributed by atoms with Gasteiger partial charge in [-0.1, -0.05) is 45.9 Å². The molecule has 0 saturated carbocycles. The Morgan fingerprint density at radius 2 is 1.95 bits per heavy atom. The van der Waals surface area contributed by atoms with Gasteiger partial charge >= 0.3 is 5.97 Å². The van der Waals surface area contributed by atoms with E-state index in [1.54, 1.807) is 12.1 Å². The van der Waals surface area contributed by atoms with Crippen molar-refractivity contribution < 1.29 is 14.3 Å². The second-order valence-corrected chi connectivity index (χ2v) is 5.80. The Labute approximate surface area is 114 Å². The van der Waals surface area contributed by atoms with Crippen LogP contribution >= 0.6 is 0 Å². The highest BCUT2D eigenvalue weighted by molar-refractivity contribution is 5.89. The van der Waals surface area contributed by atoms with E-state index in [-0.39, 0.29) is 17.5 Å². The fraction of sp³-hybridized carbons (Fsp3) is 0.562. The van der Waals surface area contributed by atoms with Crippen LogP contribution in [0.1, 0.15) is 44.5 Å². The van der Waals surface area contributed by atoms with Crippen molar-refractivity contribution in [3.05, 3.63) is 35.9 Å². The Morgan fingerprint density at radius 3 is 2.47 bits per heavy atom. The Bertz CT molecular complexity index is 439. The first kappa shape index (κ1) is 14.1. The molecule has 19 heavy (non-hydrogen) atoms. The van der Waals surface area contributed by atoms with E-state index in [2.05, 4.69) is 27.7 Å². The molecule has 0 spiro atoms. The van der Waals surface area contributed by atoms with E-state index in [1.807, 2.05) is 18.2 Å². The van der Waals surface area contributed by atoms with Gasteiger partial charge in [-0.05, 0) is 24.5 Å². The van der Waals surface area contributed by atoms with Crippen LogP contribution < -0.4 is 0 Å². The van der Waals surface area contributed by atoms with E-state index in [9.17, 15) is 4.79 Å². The zero-order chi connectivity index (χ0) is 14.0. The molecule has 0 amide bonds. The van der Waals surface area contributed by atoms with Crippen LogP contribution in [0, 0.1) is 11.3 Å². The molecule has 0 unspecified atom stereocenters. The molecule has 0 N–H and O–H groups in total. The predicted molar refractivity (Wildman–Crippen MR) is 73.8 cm³/mol. The zero-order valence-electron chi connectivity index (χ0n) is 12.1. The molecular formula is C16H22O3. The number of ether oxygens (including phenoxy) is 2. The van der Waals surface area contributed by atoms with Crippen LogP contribution in [0.25, 0.3) is 0 Å². The standard InChI is InChI=1S/C16H22O3/c1-5-13-11(2)16(3,4)15(18-13)19-14(17)12-9-7-6-8-10-12/h6-11,13,15H,5H2,1-4H3/t11-,13-,15+/m1/s1. The molecule has 2 rings (SSSR count). The number of benzene rings is 1. The number of rotatable bonds is 3. The summed E-state index contributed by atoms with van der Waals surface area (Å²) in [5, 5.41) is 0. The number of carbonyl (C=O) groups excluding carboxylic acids is 1. The molecule has 1 aromatic rings. The minimum atomic E-state index is -0.472. The van der Waals surface area contributed by atoms with Crippen LogP contribution in [0.5, 0.6) is 0 Å². The van der Waals surface area contributed by atoms with Gasteiger partial charge in [-0.2, -0.15) is 0 Å². The number of hydrogen-bond acceptors (Lipinski definition) is 3. The summed E-state index contributed by atoms with van der Waals surface area (Å²) >= 11 is 0. The third kappa shape index (κ3) is 2.66. The summed E-state index contributed by atoms with van der Waals surface area (Å²) in [6.07, 6.45) is 0.619. The van der Waals surface area contributed by atoms with Gasteiger partial charge in [0.1, 0.15) is 0 Å². The first-order valence-corrected chi connectivity index (χ1v) is 6.88. The maximum Gasteiger partial charge on any atom is 0.340 e. The molecule has 0 radical (unpaired) electrons. The summed E-state index contributed by atoms with van der Waals surface area (Å²) in [6, 6.07) is 9.04. The molecule has 0 aliphatic carbocycles. The van der Waals surface area contributed by atoms with Crippen molar-refractivity contribution in [2.45, 2.75) is 46.5 Å². The van der Waals surface area contributed by atoms with Crippen molar-refractivity contribution in [1.82, 2.24) is 0 Å². The molecule has 104 valence electrons. The van der Waals surface area contributed by atoms with Crippen LogP contribution in [0.2, 0.25) is 0 Å². The first-order valence-electron chi connectivity index (χ1n) is 6.88. The van der Waals surface area contributed by atoms with Crippen LogP contribution in [0.3, 0.4) is 0 Å². The molecule has 1 saturated heterocycles. The highest BCUT2D eigenvalue weighted by Crippen LogP contribution is 2.44. The molecule has 3 nitrogen and oxygen atoms in total. The Kier molecular flexibility index (Phi) is 3.95. The monoisotopic (exact) mass is 262 g/mol. The van der Waals surface area contributed by atoms with Crippen LogP contribution in [0.4, 0.5) is 0 Å².